The third-order valence-corrected chi connectivity index (χ3v) is 0.617. The Bertz CT molecular complexity index is 125. The average molecular weight is 231 g/mol. The maximum absolute atomic E-state index is 10.0. The molecule has 0 aromatic carbocycles. The van der Waals surface area contributed by atoms with Crippen molar-refractivity contribution in [1.82, 2.24) is 5.32 Å². The Labute approximate surface area is 91.4 Å². The van der Waals surface area contributed by atoms with Crippen molar-refractivity contribution in [3.05, 3.63) is 12.2 Å². The molecule has 61 valence electrons. The summed E-state index contributed by atoms with van der Waals surface area (Å²) >= 11 is 0. The van der Waals surface area contributed by atoms with Gasteiger partial charge in [-0.1, -0.05) is 6.92 Å². The predicted octanol–water partition coefficient (Wildman–Crippen LogP) is 0.838. The van der Waals surface area contributed by atoms with Crippen molar-refractivity contribution in [3.8, 4) is 0 Å². The van der Waals surface area contributed by atoms with E-state index in [9.17, 15) is 9.59 Å². The maximum Gasteiger partial charge on any atom is 0.159 e. The van der Waals surface area contributed by atoms with Crippen LogP contribution < -0.4 is 5.32 Å². The molecule has 1 aliphatic heterocycles. The average Bonchev–Trinajstić information content (AvgIpc) is 2.17. The molecule has 5 heteroatoms. The molecule has 0 unspecified atom stereocenters. The molecule has 0 aliphatic carbocycles. The van der Waals surface area contributed by atoms with E-state index in [0.717, 1.165) is 6.42 Å². The third-order valence-electron chi connectivity index (χ3n) is 0.617. The van der Waals surface area contributed by atoms with E-state index in [-0.39, 0.29) is 45.2 Å². The van der Waals surface area contributed by atoms with Crippen molar-refractivity contribution in [2.45, 2.75) is 13.3 Å². The minimum absolute atomic E-state index is 0. The topological polar surface area (TPSA) is 60.3 Å². The quantitative estimate of drug-likeness (QED) is 0.496. The molecular formula is C6H10N2O2Y-2. The molecule has 3 amide bonds. The van der Waals surface area contributed by atoms with Gasteiger partial charge in [0.2, 0.25) is 0 Å². The molecule has 0 atom stereocenters. The number of hydrogen-bond acceptors (Lipinski definition) is 2. The van der Waals surface area contributed by atoms with Gasteiger partial charge in [-0.15, -0.1) is 0 Å². The number of carbonyl (C=O) groups is 2. The summed E-state index contributed by atoms with van der Waals surface area (Å²) in [4.78, 5) is 20.0. The van der Waals surface area contributed by atoms with E-state index in [1.54, 1.807) is 0 Å². The molecule has 1 radical (unpaired) electrons. The monoisotopic (exact) mass is 231 g/mol. The number of imide groups is 1. The van der Waals surface area contributed by atoms with E-state index in [0.29, 0.717) is 0 Å². The standard InChI is InChI=1S/C3H4N2O2.C3H7.Y/c6-2-1-4-3(7)5-2;1-3-2;/h1H2,(H2,4,5,6,7);1,3H2,2H3;/q;-1;/p-1. The Kier molecular flexibility index (Phi) is 10.1. The van der Waals surface area contributed by atoms with E-state index < -0.39 is 6.03 Å². The molecule has 1 heterocycles. The van der Waals surface area contributed by atoms with E-state index >= 15 is 0 Å². The van der Waals surface area contributed by atoms with Crippen molar-refractivity contribution in [1.29, 1.82) is 0 Å². The molecule has 11 heavy (non-hydrogen) atoms. The Morgan fingerprint density at radius 2 is 2.09 bits per heavy atom. The second-order valence-electron chi connectivity index (χ2n) is 1.66. The fraction of sp³-hybridized carbons (Fsp3) is 0.500. The van der Waals surface area contributed by atoms with E-state index in [2.05, 4.69) is 17.6 Å². The number of carbonyl (C=O) groups excluding carboxylic acids is 2. The summed E-state index contributed by atoms with van der Waals surface area (Å²) in [7, 11) is 0. The second kappa shape index (κ2) is 8.14. The molecule has 1 saturated heterocycles. The van der Waals surface area contributed by atoms with Gasteiger partial charge in [0.1, 0.15) is 5.91 Å². The number of amides is 3. The van der Waals surface area contributed by atoms with Gasteiger partial charge < -0.3 is 17.6 Å². The first kappa shape index (κ1) is 13.6. The summed E-state index contributed by atoms with van der Waals surface area (Å²) in [6.07, 6.45) is 1.00. The molecule has 1 aliphatic rings. The normalized spacial score (nSPS) is 13.6. The smallest absolute Gasteiger partial charge is 0.159 e. The van der Waals surface area contributed by atoms with Crippen molar-refractivity contribution in [2.75, 3.05) is 6.54 Å². The van der Waals surface area contributed by atoms with E-state index in [1.165, 1.54) is 0 Å². The Balaban J connectivity index is 0. The molecular weight excluding hydrogens is 221 g/mol. The minimum Gasteiger partial charge on any atom is -0.442 e. The summed E-state index contributed by atoms with van der Waals surface area (Å²) in [6.45, 7) is 5.57. The van der Waals surface area contributed by atoms with E-state index in [4.69, 9.17) is 0 Å². The molecule has 1 fully saturated rings. The van der Waals surface area contributed by atoms with Crippen LogP contribution in [-0.4, -0.2) is 18.5 Å². The number of urea groups is 1. The maximum atomic E-state index is 10.0. The first-order valence-electron chi connectivity index (χ1n) is 3.02. The van der Waals surface area contributed by atoms with Crippen LogP contribution in [0.25, 0.3) is 5.32 Å². The summed E-state index contributed by atoms with van der Waals surface area (Å²) in [5.74, 6) is -0.384. The van der Waals surface area contributed by atoms with Crippen LogP contribution in [-0.2, 0) is 37.5 Å². The molecule has 0 bridgehead atoms. The summed E-state index contributed by atoms with van der Waals surface area (Å²) in [5, 5.41) is 5.21. The van der Waals surface area contributed by atoms with Crippen LogP contribution in [0.15, 0.2) is 0 Å². The predicted molar refractivity (Wildman–Crippen MR) is 37.4 cm³/mol. The van der Waals surface area contributed by atoms with Crippen LogP contribution in [0, 0.1) is 6.92 Å². The summed E-state index contributed by atoms with van der Waals surface area (Å²) < 4.78 is 0. The minimum atomic E-state index is -0.523. The van der Waals surface area contributed by atoms with Gasteiger partial charge in [-0.25, -0.2) is 0 Å². The third kappa shape index (κ3) is 7.95. The molecule has 0 aromatic heterocycles. The zero-order chi connectivity index (χ0) is 7.98. The summed E-state index contributed by atoms with van der Waals surface area (Å²) in [5.41, 5.74) is 0. The van der Waals surface area contributed by atoms with Gasteiger partial charge in [0.15, 0.2) is 6.03 Å². The summed E-state index contributed by atoms with van der Waals surface area (Å²) in [6, 6.07) is -0.523. The Hall–Kier alpha value is 0.0439. The largest absolute Gasteiger partial charge is 0.442 e. The first-order valence-corrected chi connectivity index (χ1v) is 3.02. The zero-order valence-electron chi connectivity index (χ0n) is 6.46. The van der Waals surface area contributed by atoms with Crippen LogP contribution in [0.3, 0.4) is 0 Å². The number of nitrogens with zero attached hydrogens (tertiary/aromatic N) is 1. The van der Waals surface area contributed by atoms with Gasteiger partial charge >= 0.3 is 0 Å². The van der Waals surface area contributed by atoms with E-state index in [1.807, 2.05) is 6.92 Å². The zero-order valence-corrected chi connectivity index (χ0v) is 9.30. The first-order chi connectivity index (χ1) is 4.70. The van der Waals surface area contributed by atoms with Crippen molar-refractivity contribution >= 4 is 11.9 Å². The molecule has 0 spiro atoms. The molecule has 0 aromatic rings. The van der Waals surface area contributed by atoms with Gasteiger partial charge in [0, 0.05) is 39.3 Å². The van der Waals surface area contributed by atoms with Crippen molar-refractivity contribution in [3.63, 3.8) is 0 Å². The van der Waals surface area contributed by atoms with Gasteiger partial charge in [0.25, 0.3) is 0 Å². The fourth-order valence-electron chi connectivity index (χ4n) is 0.344. The second-order valence-corrected chi connectivity index (χ2v) is 1.66. The molecule has 1 N–H and O–H groups in total. The SMILES string of the molecule is O=C1CNC(=O)[N-]1.[CH2-]CC.[Y]. The molecule has 1 rings (SSSR count). The van der Waals surface area contributed by atoms with Crippen LogP contribution >= 0.6 is 0 Å². The molecule has 4 nitrogen and oxygen atoms in total. The van der Waals surface area contributed by atoms with Crippen LogP contribution in [0.4, 0.5) is 4.79 Å². The fourth-order valence-corrected chi connectivity index (χ4v) is 0.344. The van der Waals surface area contributed by atoms with Crippen LogP contribution in [0.1, 0.15) is 13.3 Å². The molecule has 0 saturated carbocycles. The van der Waals surface area contributed by atoms with Gasteiger partial charge in [-0.3, -0.25) is 9.59 Å². The van der Waals surface area contributed by atoms with Gasteiger partial charge in [-0.05, 0) is 0 Å². The van der Waals surface area contributed by atoms with Crippen molar-refractivity contribution in [2.24, 2.45) is 0 Å². The van der Waals surface area contributed by atoms with Crippen LogP contribution in [0.2, 0.25) is 0 Å². The van der Waals surface area contributed by atoms with Crippen molar-refractivity contribution < 1.29 is 42.3 Å². The van der Waals surface area contributed by atoms with Gasteiger partial charge in [0.05, 0.1) is 0 Å². The number of hydrogen-bond donors (Lipinski definition) is 1. The number of rotatable bonds is 0. The van der Waals surface area contributed by atoms with Crippen LogP contribution in [0.5, 0.6) is 0 Å². The number of nitrogens with one attached hydrogen (secondary N) is 1. The van der Waals surface area contributed by atoms with Gasteiger partial charge in [-0.2, -0.15) is 6.42 Å². The Morgan fingerprint density at radius 3 is 2.18 bits per heavy atom. The Morgan fingerprint density at radius 1 is 1.64 bits per heavy atom.